The molecule has 2 unspecified atom stereocenters. The van der Waals surface area contributed by atoms with Crippen LogP contribution < -0.4 is 10.2 Å². The number of rotatable bonds is 5. The first kappa shape index (κ1) is 14.9. The molecule has 3 rings (SSSR count). The molecule has 5 heteroatoms. The normalized spacial score (nSPS) is 25.6. The molecule has 2 aliphatic rings. The summed E-state index contributed by atoms with van der Waals surface area (Å²) in [6.07, 6.45) is 6.88. The molecule has 21 heavy (non-hydrogen) atoms. The first-order valence-electron chi connectivity index (χ1n) is 8.07. The van der Waals surface area contributed by atoms with Crippen molar-refractivity contribution in [1.82, 2.24) is 4.90 Å². The van der Waals surface area contributed by atoms with Crippen molar-refractivity contribution < 1.29 is 14.8 Å². The SMILES string of the molecule is OB(O)c1ccc(OCCN2CCCC3CCCC32)cc1. The molecule has 2 fully saturated rings. The van der Waals surface area contributed by atoms with Crippen LogP contribution >= 0.6 is 0 Å². The van der Waals surface area contributed by atoms with E-state index in [4.69, 9.17) is 14.8 Å². The van der Waals surface area contributed by atoms with Crippen molar-refractivity contribution in [2.75, 3.05) is 19.7 Å². The second-order valence-electron chi connectivity index (χ2n) is 6.23. The van der Waals surface area contributed by atoms with Gasteiger partial charge < -0.3 is 14.8 Å². The molecule has 4 nitrogen and oxygen atoms in total. The molecule has 2 N–H and O–H groups in total. The predicted molar refractivity (Wildman–Crippen MR) is 83.7 cm³/mol. The summed E-state index contributed by atoms with van der Waals surface area (Å²) in [4.78, 5) is 2.60. The van der Waals surface area contributed by atoms with Crippen LogP contribution in [0, 0.1) is 5.92 Å². The maximum absolute atomic E-state index is 9.06. The van der Waals surface area contributed by atoms with Gasteiger partial charge in [0.2, 0.25) is 0 Å². The lowest BCUT2D eigenvalue weighted by atomic mass is 9.80. The van der Waals surface area contributed by atoms with Crippen LogP contribution in [-0.4, -0.2) is 47.8 Å². The summed E-state index contributed by atoms with van der Waals surface area (Å²) < 4.78 is 5.79. The third-order valence-corrected chi connectivity index (χ3v) is 4.93. The Kier molecular flexibility index (Phi) is 4.83. The van der Waals surface area contributed by atoms with Gasteiger partial charge in [0.05, 0.1) is 0 Å². The van der Waals surface area contributed by atoms with E-state index in [1.54, 1.807) is 24.3 Å². The summed E-state index contributed by atoms with van der Waals surface area (Å²) in [6, 6.07) is 7.75. The highest BCUT2D eigenvalue weighted by Crippen LogP contribution is 2.36. The van der Waals surface area contributed by atoms with Gasteiger partial charge in [-0.3, -0.25) is 4.90 Å². The number of fused-ring (bicyclic) bond motifs is 1. The Balaban J connectivity index is 1.47. The number of nitrogens with zero attached hydrogens (tertiary/aromatic N) is 1. The van der Waals surface area contributed by atoms with Gasteiger partial charge in [0, 0.05) is 12.6 Å². The average Bonchev–Trinajstić information content (AvgIpc) is 2.97. The van der Waals surface area contributed by atoms with E-state index < -0.39 is 7.12 Å². The number of piperidine rings is 1. The summed E-state index contributed by atoms with van der Waals surface area (Å²) in [5.41, 5.74) is 0.493. The van der Waals surface area contributed by atoms with Crippen LogP contribution in [0.2, 0.25) is 0 Å². The Morgan fingerprint density at radius 2 is 1.86 bits per heavy atom. The average molecular weight is 289 g/mol. The molecule has 1 saturated heterocycles. The van der Waals surface area contributed by atoms with Crippen LogP contribution in [0.25, 0.3) is 0 Å². The molecule has 2 atom stereocenters. The smallest absolute Gasteiger partial charge is 0.488 e. The third kappa shape index (κ3) is 3.60. The fraction of sp³-hybridized carbons (Fsp3) is 0.625. The van der Waals surface area contributed by atoms with Gasteiger partial charge in [-0.25, -0.2) is 0 Å². The molecular weight excluding hydrogens is 265 g/mol. The zero-order valence-electron chi connectivity index (χ0n) is 12.4. The van der Waals surface area contributed by atoms with Crippen LogP contribution in [0.5, 0.6) is 5.75 Å². The van der Waals surface area contributed by atoms with Crippen molar-refractivity contribution in [3.8, 4) is 5.75 Å². The van der Waals surface area contributed by atoms with Crippen LogP contribution in [0.1, 0.15) is 32.1 Å². The van der Waals surface area contributed by atoms with E-state index in [9.17, 15) is 0 Å². The molecule has 0 radical (unpaired) electrons. The molecule has 0 amide bonds. The van der Waals surface area contributed by atoms with Gasteiger partial charge in [-0.05, 0) is 55.7 Å². The van der Waals surface area contributed by atoms with Gasteiger partial charge in [-0.1, -0.05) is 18.6 Å². The van der Waals surface area contributed by atoms with E-state index in [1.807, 2.05) is 0 Å². The molecular formula is C16H24BNO3. The van der Waals surface area contributed by atoms with E-state index in [2.05, 4.69) is 4.90 Å². The molecule has 0 aromatic heterocycles. The van der Waals surface area contributed by atoms with E-state index in [1.165, 1.54) is 38.6 Å². The molecule has 1 aromatic rings. The molecule has 114 valence electrons. The van der Waals surface area contributed by atoms with Crippen LogP contribution in [-0.2, 0) is 0 Å². The van der Waals surface area contributed by atoms with E-state index in [-0.39, 0.29) is 0 Å². The lowest BCUT2D eigenvalue weighted by Crippen LogP contribution is -2.44. The zero-order valence-corrected chi connectivity index (χ0v) is 12.4. The quantitative estimate of drug-likeness (QED) is 0.794. The van der Waals surface area contributed by atoms with Crippen LogP contribution in [0.4, 0.5) is 0 Å². The predicted octanol–water partition coefficient (Wildman–Crippen LogP) is 1.01. The van der Waals surface area contributed by atoms with E-state index in [0.717, 1.165) is 24.3 Å². The zero-order chi connectivity index (χ0) is 14.7. The number of likely N-dealkylation sites (tertiary alicyclic amines) is 1. The van der Waals surface area contributed by atoms with Gasteiger partial charge in [0.25, 0.3) is 0 Å². The molecule has 1 heterocycles. The first-order valence-corrected chi connectivity index (χ1v) is 8.07. The van der Waals surface area contributed by atoms with Gasteiger partial charge in [-0.2, -0.15) is 0 Å². The van der Waals surface area contributed by atoms with E-state index >= 15 is 0 Å². The second-order valence-corrected chi connectivity index (χ2v) is 6.23. The number of hydrogen-bond acceptors (Lipinski definition) is 4. The van der Waals surface area contributed by atoms with Crippen molar-refractivity contribution in [3.05, 3.63) is 24.3 Å². The number of benzene rings is 1. The minimum Gasteiger partial charge on any atom is -0.492 e. The summed E-state index contributed by atoms with van der Waals surface area (Å²) in [6.45, 7) is 2.90. The Bertz CT molecular complexity index is 451. The van der Waals surface area contributed by atoms with Crippen molar-refractivity contribution >= 4 is 12.6 Å². The summed E-state index contributed by atoms with van der Waals surface area (Å²) in [5.74, 6) is 1.71. The molecule has 1 aliphatic heterocycles. The minimum absolute atomic E-state index is 0.493. The van der Waals surface area contributed by atoms with Crippen LogP contribution in [0.15, 0.2) is 24.3 Å². The highest BCUT2D eigenvalue weighted by atomic mass is 16.5. The molecule has 0 bridgehead atoms. The highest BCUT2D eigenvalue weighted by molar-refractivity contribution is 6.58. The van der Waals surface area contributed by atoms with Gasteiger partial charge in [0.1, 0.15) is 12.4 Å². The maximum Gasteiger partial charge on any atom is 0.488 e. The van der Waals surface area contributed by atoms with Crippen molar-refractivity contribution in [2.45, 2.75) is 38.1 Å². The molecule has 1 aromatic carbocycles. The Morgan fingerprint density at radius 3 is 2.62 bits per heavy atom. The van der Waals surface area contributed by atoms with Gasteiger partial charge in [0.15, 0.2) is 0 Å². The largest absolute Gasteiger partial charge is 0.492 e. The number of hydrogen-bond donors (Lipinski definition) is 2. The lowest BCUT2D eigenvalue weighted by molar-refractivity contribution is 0.0951. The Morgan fingerprint density at radius 1 is 1.10 bits per heavy atom. The number of ether oxygens (including phenoxy) is 1. The summed E-state index contributed by atoms with van der Waals surface area (Å²) >= 11 is 0. The third-order valence-electron chi connectivity index (χ3n) is 4.93. The van der Waals surface area contributed by atoms with Gasteiger partial charge in [-0.15, -0.1) is 0 Å². The second kappa shape index (κ2) is 6.82. The fourth-order valence-electron chi connectivity index (χ4n) is 3.85. The minimum atomic E-state index is -1.41. The van der Waals surface area contributed by atoms with Crippen molar-refractivity contribution in [3.63, 3.8) is 0 Å². The van der Waals surface area contributed by atoms with Crippen molar-refractivity contribution in [1.29, 1.82) is 0 Å². The topological polar surface area (TPSA) is 52.9 Å². The van der Waals surface area contributed by atoms with Gasteiger partial charge >= 0.3 is 7.12 Å². The first-order chi connectivity index (χ1) is 10.2. The molecule has 0 spiro atoms. The maximum atomic E-state index is 9.06. The van der Waals surface area contributed by atoms with E-state index in [0.29, 0.717) is 12.1 Å². The molecule has 1 saturated carbocycles. The summed E-state index contributed by atoms with van der Waals surface area (Å²) in [5, 5.41) is 18.1. The Hall–Kier alpha value is -1.04. The monoisotopic (exact) mass is 289 g/mol. The standard InChI is InChI=1S/C16H24BNO3/c19-17(20)14-6-8-15(9-7-14)21-12-11-18-10-2-4-13-3-1-5-16(13)18/h6-9,13,16,19-20H,1-5,10-12H2. The fourth-order valence-corrected chi connectivity index (χ4v) is 3.85. The molecule has 1 aliphatic carbocycles. The summed E-state index contributed by atoms with van der Waals surface area (Å²) in [7, 11) is -1.41. The lowest BCUT2D eigenvalue weighted by Gasteiger charge is -2.37. The van der Waals surface area contributed by atoms with Crippen molar-refractivity contribution in [2.24, 2.45) is 5.92 Å². The highest BCUT2D eigenvalue weighted by Gasteiger charge is 2.34. The van der Waals surface area contributed by atoms with Crippen LogP contribution in [0.3, 0.4) is 0 Å². The Labute approximate surface area is 126 Å².